The molecule has 7 heteroatoms. The van der Waals surface area contributed by atoms with Crippen LogP contribution in [0, 0.1) is 6.92 Å². The van der Waals surface area contributed by atoms with Crippen LogP contribution in [0.2, 0.25) is 0 Å². The third-order valence-corrected chi connectivity index (χ3v) is 6.73. The molecule has 1 fully saturated rings. The molecule has 0 spiro atoms. The molecule has 0 aliphatic carbocycles. The molecule has 2 aromatic heterocycles. The Hall–Kier alpha value is -3.16. The summed E-state index contributed by atoms with van der Waals surface area (Å²) in [5.74, 6) is 2.39. The summed E-state index contributed by atoms with van der Waals surface area (Å²) < 4.78 is 12.8. The maximum absolute atomic E-state index is 6.45. The molecule has 0 saturated carbocycles. The minimum absolute atomic E-state index is 0.165. The average molecular weight is 520 g/mol. The van der Waals surface area contributed by atoms with E-state index in [1.807, 2.05) is 54.6 Å². The summed E-state index contributed by atoms with van der Waals surface area (Å²) >= 11 is 9.45. The fourth-order valence-electron chi connectivity index (χ4n) is 4.14. The van der Waals surface area contributed by atoms with Gasteiger partial charge in [0.25, 0.3) is 0 Å². The molecule has 5 nitrogen and oxygen atoms in total. The van der Waals surface area contributed by atoms with Crippen molar-refractivity contribution in [2.24, 2.45) is 0 Å². The molecule has 5 rings (SSSR count). The summed E-state index contributed by atoms with van der Waals surface area (Å²) in [6.07, 6.45) is 1.80. The monoisotopic (exact) mass is 519 g/mol. The van der Waals surface area contributed by atoms with Crippen LogP contribution in [0.4, 0.5) is 5.69 Å². The van der Waals surface area contributed by atoms with Gasteiger partial charge in [0.2, 0.25) is 0 Å². The van der Waals surface area contributed by atoms with Crippen LogP contribution in [0.1, 0.15) is 29.1 Å². The van der Waals surface area contributed by atoms with Crippen LogP contribution >= 0.6 is 28.1 Å². The molecule has 0 bridgehead atoms. The Kier molecular flexibility index (Phi) is 5.91. The van der Waals surface area contributed by atoms with Crippen molar-refractivity contribution in [1.29, 1.82) is 0 Å². The van der Waals surface area contributed by atoms with Crippen molar-refractivity contribution in [1.82, 2.24) is 10.3 Å². The second kappa shape index (κ2) is 9.00. The number of anilines is 1. The van der Waals surface area contributed by atoms with E-state index >= 15 is 0 Å². The zero-order valence-corrected chi connectivity index (χ0v) is 20.6. The summed E-state index contributed by atoms with van der Waals surface area (Å²) in [5.41, 5.74) is 4.04. The molecule has 166 valence electrons. The van der Waals surface area contributed by atoms with Gasteiger partial charge < -0.3 is 19.4 Å². The third kappa shape index (κ3) is 4.14. The highest BCUT2D eigenvalue weighted by atomic mass is 79.9. The Bertz CT molecular complexity index is 1290. The van der Waals surface area contributed by atoms with E-state index in [0.29, 0.717) is 5.11 Å². The number of ether oxygens (including phenoxy) is 1. The number of methoxy groups -OCH3 is 1. The molecule has 0 amide bonds. The molecule has 3 heterocycles. The zero-order chi connectivity index (χ0) is 22.9. The molecule has 0 radical (unpaired) electrons. The number of furan rings is 1. The van der Waals surface area contributed by atoms with Crippen LogP contribution in [-0.4, -0.2) is 17.2 Å². The standard InChI is InChI=1S/C26H22BrN3O2S/c1-16-6-11-19(20(27)15-16)22-12-13-23(32-22)25-24(21-5-3-4-14-28-21)29-26(33)30(25)17-7-9-18(31-2)10-8-17/h3-15,24-25H,1-2H3,(H,29,33)/t24-,25+/m0/s1. The number of pyridine rings is 1. The normalized spacial score (nSPS) is 17.8. The topological polar surface area (TPSA) is 50.5 Å². The SMILES string of the molecule is COc1ccc(N2C(=S)N[C@@H](c3ccccn3)[C@H]2c2ccc(-c3ccc(C)cc3Br)o2)cc1. The summed E-state index contributed by atoms with van der Waals surface area (Å²) in [5, 5.41) is 4.08. The Balaban J connectivity index is 1.59. The van der Waals surface area contributed by atoms with E-state index in [1.165, 1.54) is 5.56 Å². The van der Waals surface area contributed by atoms with Gasteiger partial charge in [0.1, 0.15) is 23.3 Å². The highest BCUT2D eigenvalue weighted by molar-refractivity contribution is 9.10. The second-order valence-electron chi connectivity index (χ2n) is 7.88. The lowest BCUT2D eigenvalue weighted by atomic mass is 10.0. The number of halogens is 1. The van der Waals surface area contributed by atoms with Gasteiger partial charge in [-0.15, -0.1) is 0 Å². The van der Waals surface area contributed by atoms with Crippen molar-refractivity contribution >= 4 is 38.9 Å². The quantitative estimate of drug-likeness (QED) is 0.300. The van der Waals surface area contributed by atoms with E-state index in [-0.39, 0.29) is 12.1 Å². The van der Waals surface area contributed by atoms with Gasteiger partial charge in [-0.25, -0.2) is 0 Å². The predicted octanol–water partition coefficient (Wildman–Crippen LogP) is 6.60. The van der Waals surface area contributed by atoms with Crippen LogP contribution in [0.15, 0.2) is 87.9 Å². The molecule has 1 N–H and O–H groups in total. The third-order valence-electron chi connectivity index (χ3n) is 5.76. The highest BCUT2D eigenvalue weighted by Crippen LogP contribution is 2.43. The van der Waals surface area contributed by atoms with E-state index in [9.17, 15) is 0 Å². The van der Waals surface area contributed by atoms with Crippen molar-refractivity contribution in [3.05, 3.63) is 100 Å². The van der Waals surface area contributed by atoms with Gasteiger partial charge in [0.05, 0.1) is 18.8 Å². The van der Waals surface area contributed by atoms with Gasteiger partial charge in [0.15, 0.2) is 5.11 Å². The lowest BCUT2D eigenvalue weighted by Gasteiger charge is -2.26. The van der Waals surface area contributed by atoms with Crippen molar-refractivity contribution in [2.45, 2.75) is 19.0 Å². The number of thiocarbonyl (C=S) groups is 1. The van der Waals surface area contributed by atoms with Gasteiger partial charge in [-0.2, -0.15) is 0 Å². The van der Waals surface area contributed by atoms with E-state index in [1.54, 1.807) is 13.3 Å². The zero-order valence-electron chi connectivity index (χ0n) is 18.2. The van der Waals surface area contributed by atoms with Gasteiger partial charge in [-0.1, -0.05) is 28.1 Å². The average Bonchev–Trinajstić information content (AvgIpc) is 3.44. The number of nitrogens with zero attached hydrogens (tertiary/aromatic N) is 2. The molecular weight excluding hydrogens is 498 g/mol. The van der Waals surface area contributed by atoms with Crippen molar-refractivity contribution in [3.8, 4) is 17.1 Å². The number of hydrogen-bond donors (Lipinski definition) is 1. The van der Waals surface area contributed by atoms with E-state index in [2.05, 4.69) is 56.3 Å². The molecule has 1 aliphatic heterocycles. The van der Waals surface area contributed by atoms with Gasteiger partial charge in [-0.3, -0.25) is 4.98 Å². The number of aryl methyl sites for hydroxylation is 1. The van der Waals surface area contributed by atoms with Crippen LogP contribution in [0.25, 0.3) is 11.3 Å². The number of rotatable bonds is 5. The van der Waals surface area contributed by atoms with Crippen molar-refractivity contribution in [2.75, 3.05) is 12.0 Å². The second-order valence-corrected chi connectivity index (χ2v) is 9.12. The number of aromatic nitrogens is 1. The van der Waals surface area contributed by atoms with Gasteiger partial charge >= 0.3 is 0 Å². The summed E-state index contributed by atoms with van der Waals surface area (Å²) in [6.45, 7) is 2.07. The lowest BCUT2D eigenvalue weighted by Crippen LogP contribution is -2.29. The summed E-state index contributed by atoms with van der Waals surface area (Å²) in [4.78, 5) is 6.68. The number of nitrogens with one attached hydrogen (secondary N) is 1. The molecule has 0 unspecified atom stereocenters. The number of hydrogen-bond acceptors (Lipinski definition) is 4. The van der Waals surface area contributed by atoms with Crippen LogP contribution < -0.4 is 15.0 Å². The summed E-state index contributed by atoms with van der Waals surface area (Å²) in [7, 11) is 1.66. The first-order valence-electron chi connectivity index (χ1n) is 10.6. The Morgan fingerprint density at radius 1 is 1.06 bits per heavy atom. The smallest absolute Gasteiger partial charge is 0.174 e. The summed E-state index contributed by atoms with van der Waals surface area (Å²) in [6, 6.07) is 23.6. The first-order chi connectivity index (χ1) is 16.0. The largest absolute Gasteiger partial charge is 0.497 e. The minimum Gasteiger partial charge on any atom is -0.497 e. The number of benzene rings is 2. The lowest BCUT2D eigenvalue weighted by molar-refractivity contribution is 0.414. The Morgan fingerprint density at radius 3 is 2.58 bits per heavy atom. The van der Waals surface area contributed by atoms with Crippen LogP contribution in [-0.2, 0) is 0 Å². The fourth-order valence-corrected chi connectivity index (χ4v) is 5.18. The molecular formula is C26H22BrN3O2S. The first kappa shape index (κ1) is 21.7. The van der Waals surface area contributed by atoms with E-state index in [0.717, 1.165) is 38.7 Å². The first-order valence-corrected chi connectivity index (χ1v) is 11.8. The van der Waals surface area contributed by atoms with Crippen molar-refractivity contribution < 1.29 is 9.15 Å². The highest BCUT2D eigenvalue weighted by Gasteiger charge is 2.42. The molecule has 1 saturated heterocycles. The molecule has 4 aromatic rings. The Labute approximate surface area is 206 Å². The predicted molar refractivity (Wildman–Crippen MR) is 138 cm³/mol. The van der Waals surface area contributed by atoms with E-state index in [4.69, 9.17) is 21.4 Å². The minimum atomic E-state index is -0.209. The Morgan fingerprint density at radius 2 is 1.88 bits per heavy atom. The maximum atomic E-state index is 6.45. The van der Waals surface area contributed by atoms with Crippen LogP contribution in [0.3, 0.4) is 0 Å². The van der Waals surface area contributed by atoms with Gasteiger partial charge in [-0.05, 0) is 85.4 Å². The fraction of sp³-hybridized carbons (Fsp3) is 0.154. The van der Waals surface area contributed by atoms with Crippen molar-refractivity contribution in [3.63, 3.8) is 0 Å². The van der Waals surface area contributed by atoms with Crippen LogP contribution in [0.5, 0.6) is 5.75 Å². The maximum Gasteiger partial charge on any atom is 0.174 e. The van der Waals surface area contributed by atoms with Gasteiger partial charge in [0, 0.05) is 21.9 Å². The molecule has 33 heavy (non-hydrogen) atoms. The molecule has 1 aliphatic rings. The molecule has 2 aromatic carbocycles. The van der Waals surface area contributed by atoms with E-state index < -0.39 is 0 Å². The molecule has 2 atom stereocenters.